The Bertz CT molecular complexity index is 536. The van der Waals surface area contributed by atoms with E-state index in [2.05, 4.69) is 68.6 Å². The average molecular weight is 283 g/mol. The minimum Gasteiger partial charge on any atom is -0.494 e. The number of rotatable bonds is 7. The molecular weight excluding hydrogens is 258 g/mol. The fourth-order valence-electron chi connectivity index (χ4n) is 2.37. The van der Waals surface area contributed by atoms with E-state index in [1.54, 1.807) is 0 Å². The van der Waals surface area contributed by atoms with E-state index in [0.29, 0.717) is 12.0 Å². The van der Waals surface area contributed by atoms with Crippen LogP contribution in [0.5, 0.6) is 5.75 Å². The molecule has 0 saturated carbocycles. The van der Waals surface area contributed by atoms with E-state index in [-0.39, 0.29) is 0 Å². The smallest absolute Gasteiger partial charge is 0.121 e. The standard InChI is InChI=1S/C19H25NO/c1-4-13-21-18-12-8-11-17(14-18)20-19(15(2)3)16-9-6-5-7-10-16/h5-12,14-15,19-20H,4,13H2,1-3H3. The summed E-state index contributed by atoms with van der Waals surface area (Å²) < 4.78 is 5.70. The molecule has 0 bridgehead atoms. The van der Waals surface area contributed by atoms with Gasteiger partial charge >= 0.3 is 0 Å². The Kier molecular flexibility index (Phi) is 5.68. The van der Waals surface area contributed by atoms with Crippen LogP contribution in [0.25, 0.3) is 0 Å². The third kappa shape index (κ3) is 4.52. The molecule has 0 amide bonds. The van der Waals surface area contributed by atoms with Crippen LogP contribution >= 0.6 is 0 Å². The van der Waals surface area contributed by atoms with E-state index in [1.165, 1.54) is 5.56 Å². The van der Waals surface area contributed by atoms with E-state index >= 15 is 0 Å². The van der Waals surface area contributed by atoms with Crippen molar-refractivity contribution in [2.24, 2.45) is 5.92 Å². The zero-order valence-electron chi connectivity index (χ0n) is 13.2. The van der Waals surface area contributed by atoms with Gasteiger partial charge in [-0.2, -0.15) is 0 Å². The fourth-order valence-corrected chi connectivity index (χ4v) is 2.37. The molecule has 0 fully saturated rings. The molecule has 1 N–H and O–H groups in total. The van der Waals surface area contributed by atoms with Crippen molar-refractivity contribution in [3.05, 3.63) is 60.2 Å². The van der Waals surface area contributed by atoms with Gasteiger partial charge in [-0.1, -0.05) is 57.2 Å². The highest BCUT2D eigenvalue weighted by molar-refractivity contribution is 5.50. The molecule has 1 atom stereocenters. The topological polar surface area (TPSA) is 21.3 Å². The number of hydrogen-bond acceptors (Lipinski definition) is 2. The lowest BCUT2D eigenvalue weighted by molar-refractivity contribution is 0.317. The lowest BCUT2D eigenvalue weighted by Gasteiger charge is -2.24. The predicted molar refractivity (Wildman–Crippen MR) is 89.9 cm³/mol. The van der Waals surface area contributed by atoms with Crippen molar-refractivity contribution in [2.45, 2.75) is 33.2 Å². The van der Waals surface area contributed by atoms with Crippen LogP contribution in [0.4, 0.5) is 5.69 Å². The van der Waals surface area contributed by atoms with Crippen molar-refractivity contribution < 1.29 is 4.74 Å². The van der Waals surface area contributed by atoms with Crippen LogP contribution < -0.4 is 10.1 Å². The Balaban J connectivity index is 2.14. The molecule has 0 aliphatic rings. The number of anilines is 1. The molecule has 0 heterocycles. The van der Waals surface area contributed by atoms with E-state index < -0.39 is 0 Å². The van der Waals surface area contributed by atoms with Crippen LogP contribution in [0.3, 0.4) is 0 Å². The van der Waals surface area contributed by atoms with Crippen molar-refractivity contribution in [3.8, 4) is 5.75 Å². The lowest BCUT2D eigenvalue weighted by Crippen LogP contribution is -2.16. The van der Waals surface area contributed by atoms with Crippen LogP contribution in [0.15, 0.2) is 54.6 Å². The maximum atomic E-state index is 5.70. The monoisotopic (exact) mass is 283 g/mol. The van der Waals surface area contributed by atoms with Crippen LogP contribution in [-0.4, -0.2) is 6.61 Å². The predicted octanol–water partition coefficient (Wildman–Crippen LogP) is 5.28. The van der Waals surface area contributed by atoms with E-state index in [4.69, 9.17) is 4.74 Å². The third-order valence-corrected chi connectivity index (χ3v) is 3.45. The highest BCUT2D eigenvalue weighted by Crippen LogP contribution is 2.28. The third-order valence-electron chi connectivity index (χ3n) is 3.45. The molecule has 2 aromatic rings. The second-order valence-corrected chi connectivity index (χ2v) is 5.65. The van der Waals surface area contributed by atoms with Gasteiger partial charge in [-0.05, 0) is 30.0 Å². The van der Waals surface area contributed by atoms with Gasteiger partial charge in [0.05, 0.1) is 12.6 Å². The number of hydrogen-bond donors (Lipinski definition) is 1. The van der Waals surface area contributed by atoms with Crippen LogP contribution in [0, 0.1) is 5.92 Å². The Morgan fingerprint density at radius 2 is 1.76 bits per heavy atom. The molecule has 0 aliphatic carbocycles. The SMILES string of the molecule is CCCOc1cccc(NC(c2ccccc2)C(C)C)c1. The molecule has 2 aromatic carbocycles. The van der Waals surface area contributed by atoms with Gasteiger partial charge in [0.25, 0.3) is 0 Å². The Morgan fingerprint density at radius 3 is 2.43 bits per heavy atom. The molecule has 0 saturated heterocycles. The van der Waals surface area contributed by atoms with Gasteiger partial charge < -0.3 is 10.1 Å². The van der Waals surface area contributed by atoms with Crippen LogP contribution in [0.1, 0.15) is 38.8 Å². The van der Waals surface area contributed by atoms with Gasteiger partial charge in [0, 0.05) is 11.8 Å². The minimum atomic E-state index is 0.299. The Hall–Kier alpha value is -1.96. The molecule has 0 aliphatic heterocycles. The summed E-state index contributed by atoms with van der Waals surface area (Å²) in [6.45, 7) is 7.35. The molecule has 0 radical (unpaired) electrons. The second kappa shape index (κ2) is 7.72. The minimum absolute atomic E-state index is 0.299. The van der Waals surface area contributed by atoms with Gasteiger partial charge in [0.1, 0.15) is 5.75 Å². The largest absolute Gasteiger partial charge is 0.494 e. The number of nitrogens with one attached hydrogen (secondary N) is 1. The van der Waals surface area contributed by atoms with E-state index in [9.17, 15) is 0 Å². The van der Waals surface area contributed by atoms with Crippen molar-refractivity contribution in [3.63, 3.8) is 0 Å². The van der Waals surface area contributed by atoms with Gasteiger partial charge in [0.2, 0.25) is 0 Å². The molecule has 112 valence electrons. The lowest BCUT2D eigenvalue weighted by atomic mass is 9.96. The first-order valence-electron chi connectivity index (χ1n) is 7.75. The average Bonchev–Trinajstić information content (AvgIpc) is 2.51. The first kappa shape index (κ1) is 15.4. The number of benzene rings is 2. The first-order chi connectivity index (χ1) is 10.2. The Morgan fingerprint density at radius 1 is 1.00 bits per heavy atom. The summed E-state index contributed by atoms with van der Waals surface area (Å²) in [6.07, 6.45) is 1.02. The molecule has 0 spiro atoms. The van der Waals surface area contributed by atoms with Gasteiger partial charge in [-0.25, -0.2) is 0 Å². The van der Waals surface area contributed by atoms with Crippen LogP contribution in [-0.2, 0) is 0 Å². The molecule has 2 rings (SSSR count). The molecule has 0 aromatic heterocycles. The Labute approximate surface area is 128 Å². The zero-order valence-corrected chi connectivity index (χ0v) is 13.2. The summed E-state index contributed by atoms with van der Waals surface area (Å²) in [5, 5.41) is 3.63. The second-order valence-electron chi connectivity index (χ2n) is 5.65. The van der Waals surface area contributed by atoms with Gasteiger partial charge in [-0.15, -0.1) is 0 Å². The molecule has 21 heavy (non-hydrogen) atoms. The fraction of sp³-hybridized carbons (Fsp3) is 0.368. The van der Waals surface area contributed by atoms with Crippen molar-refractivity contribution in [2.75, 3.05) is 11.9 Å². The summed E-state index contributed by atoms with van der Waals surface area (Å²) >= 11 is 0. The molecular formula is C19H25NO. The first-order valence-corrected chi connectivity index (χ1v) is 7.75. The van der Waals surface area contributed by atoms with E-state index in [1.807, 2.05) is 12.1 Å². The highest BCUT2D eigenvalue weighted by Gasteiger charge is 2.15. The summed E-state index contributed by atoms with van der Waals surface area (Å²) in [7, 11) is 0. The summed E-state index contributed by atoms with van der Waals surface area (Å²) in [6, 6.07) is 19.1. The van der Waals surface area contributed by atoms with Crippen molar-refractivity contribution in [1.82, 2.24) is 0 Å². The summed E-state index contributed by atoms with van der Waals surface area (Å²) in [5.41, 5.74) is 2.42. The van der Waals surface area contributed by atoms with E-state index in [0.717, 1.165) is 24.5 Å². The molecule has 2 nitrogen and oxygen atoms in total. The molecule has 2 heteroatoms. The highest BCUT2D eigenvalue weighted by atomic mass is 16.5. The number of ether oxygens (including phenoxy) is 1. The molecule has 1 unspecified atom stereocenters. The quantitative estimate of drug-likeness (QED) is 0.746. The van der Waals surface area contributed by atoms with Crippen molar-refractivity contribution in [1.29, 1.82) is 0 Å². The van der Waals surface area contributed by atoms with Gasteiger partial charge in [0.15, 0.2) is 0 Å². The maximum absolute atomic E-state index is 5.70. The van der Waals surface area contributed by atoms with Crippen molar-refractivity contribution >= 4 is 5.69 Å². The summed E-state index contributed by atoms with van der Waals surface area (Å²) in [5.74, 6) is 1.44. The summed E-state index contributed by atoms with van der Waals surface area (Å²) in [4.78, 5) is 0. The normalized spacial score (nSPS) is 12.2. The zero-order chi connectivity index (χ0) is 15.1. The van der Waals surface area contributed by atoms with Gasteiger partial charge in [-0.3, -0.25) is 0 Å². The van der Waals surface area contributed by atoms with Crippen LogP contribution in [0.2, 0.25) is 0 Å². The maximum Gasteiger partial charge on any atom is 0.121 e.